The Morgan fingerprint density at radius 2 is 2.16 bits per heavy atom. The molecule has 0 saturated carbocycles. The molecule has 0 radical (unpaired) electrons. The van der Waals surface area contributed by atoms with E-state index in [1.54, 1.807) is 12.3 Å². The Bertz CT molecular complexity index is 682. The third-order valence-corrected chi connectivity index (χ3v) is 4.88. The van der Waals surface area contributed by atoms with Gasteiger partial charge in [-0.3, -0.25) is 5.32 Å². The number of halogens is 1. The van der Waals surface area contributed by atoms with Crippen molar-refractivity contribution in [3.63, 3.8) is 0 Å². The zero-order valence-corrected chi connectivity index (χ0v) is 16.6. The topological polar surface area (TPSA) is 96.6 Å². The van der Waals surface area contributed by atoms with Gasteiger partial charge in [0.05, 0.1) is 6.04 Å². The lowest BCUT2D eigenvalue weighted by Crippen LogP contribution is -2.52. The van der Waals surface area contributed by atoms with Crippen molar-refractivity contribution in [2.24, 2.45) is 4.99 Å². The van der Waals surface area contributed by atoms with E-state index in [-0.39, 0.29) is 11.6 Å². The van der Waals surface area contributed by atoms with E-state index in [9.17, 15) is 5.21 Å². The van der Waals surface area contributed by atoms with Crippen molar-refractivity contribution >= 4 is 27.6 Å². The summed E-state index contributed by atoms with van der Waals surface area (Å²) < 4.78 is 0.696. The summed E-state index contributed by atoms with van der Waals surface area (Å²) in [6.45, 7) is 8.07. The lowest BCUT2D eigenvalue weighted by Gasteiger charge is -2.42. The van der Waals surface area contributed by atoms with Crippen LogP contribution in [0.2, 0.25) is 0 Å². The fourth-order valence-electron chi connectivity index (χ4n) is 3.27. The number of hydroxylamine groups is 2. The van der Waals surface area contributed by atoms with Gasteiger partial charge in [0.15, 0.2) is 6.19 Å². The normalized spacial score (nSPS) is 23.4. The van der Waals surface area contributed by atoms with E-state index in [4.69, 9.17) is 10.3 Å². The number of nitrogens with zero attached hydrogens (tertiary/aromatic N) is 4. The minimum absolute atomic E-state index is 0.0138. The van der Waals surface area contributed by atoms with E-state index in [2.05, 4.69) is 31.5 Å². The fraction of sp³-hybridized carbons (Fsp3) is 0.588. The molecule has 1 aromatic heterocycles. The summed E-state index contributed by atoms with van der Waals surface area (Å²) in [5, 5.41) is 26.8. The highest BCUT2D eigenvalue weighted by atomic mass is 79.9. The minimum Gasteiger partial charge on any atom is -0.325 e. The molecule has 1 unspecified atom stereocenters. The van der Waals surface area contributed by atoms with E-state index in [1.165, 1.54) is 5.06 Å². The summed E-state index contributed by atoms with van der Waals surface area (Å²) in [7, 11) is 0. The van der Waals surface area contributed by atoms with Crippen LogP contribution in [0.3, 0.4) is 0 Å². The van der Waals surface area contributed by atoms with E-state index < -0.39 is 5.54 Å². The zero-order valence-electron chi connectivity index (χ0n) is 15.0. The lowest BCUT2D eigenvalue weighted by molar-refractivity contribution is -0.221. The summed E-state index contributed by atoms with van der Waals surface area (Å²) >= 11 is 3.32. The number of nitrogens with one attached hydrogen (secondary N) is 2. The summed E-state index contributed by atoms with van der Waals surface area (Å²) in [4.78, 5) is 8.79. The molecule has 2 rings (SSSR count). The molecule has 8 heteroatoms. The minimum atomic E-state index is -0.411. The highest BCUT2D eigenvalue weighted by Gasteiger charge is 2.41. The molecule has 1 aliphatic rings. The lowest BCUT2D eigenvalue weighted by atomic mass is 9.94. The number of hydrogen-bond acceptors (Lipinski definition) is 5. The number of pyridine rings is 1. The molecule has 1 fully saturated rings. The molecule has 3 N–H and O–H groups in total. The van der Waals surface area contributed by atoms with E-state index in [0.29, 0.717) is 17.0 Å². The van der Waals surface area contributed by atoms with Crippen LogP contribution in [0.4, 0.5) is 5.69 Å². The van der Waals surface area contributed by atoms with Gasteiger partial charge < -0.3 is 10.5 Å². The van der Waals surface area contributed by atoms with Gasteiger partial charge in [0.25, 0.3) is 0 Å². The number of rotatable bonds is 2. The Morgan fingerprint density at radius 3 is 2.80 bits per heavy atom. The molecule has 25 heavy (non-hydrogen) atoms. The van der Waals surface area contributed by atoms with Gasteiger partial charge in [-0.25, -0.2) is 9.98 Å². The van der Waals surface area contributed by atoms with Crippen LogP contribution in [0.5, 0.6) is 0 Å². The second-order valence-electron chi connectivity index (χ2n) is 7.54. The molecule has 136 valence electrons. The highest BCUT2D eigenvalue weighted by Crippen LogP contribution is 2.36. The van der Waals surface area contributed by atoms with Crippen molar-refractivity contribution in [1.82, 2.24) is 15.4 Å². The quantitative estimate of drug-likeness (QED) is 0.228. The Hall–Kier alpha value is -1.69. The maximum Gasteiger partial charge on any atom is 0.209 e. The Labute approximate surface area is 157 Å². The van der Waals surface area contributed by atoms with Crippen molar-refractivity contribution < 1.29 is 5.21 Å². The standard InChI is InChI=1S/C17H25BrN6O/c1-16(2)7-5-13(10-17(3,4)24(16)25)23-15(21-11-19)22-12-6-8-20-14(18)9-12/h6,8-9,13,25H,5,7,10H2,1-4H3,(H2,20,21,22,23). The number of guanidine groups is 1. The first-order valence-corrected chi connectivity index (χ1v) is 9.04. The van der Waals surface area contributed by atoms with Gasteiger partial charge in [-0.05, 0) is 75.0 Å². The summed E-state index contributed by atoms with van der Waals surface area (Å²) in [6.07, 6.45) is 5.91. The molecular weight excluding hydrogens is 384 g/mol. The van der Waals surface area contributed by atoms with Gasteiger partial charge in [0.1, 0.15) is 4.60 Å². The number of anilines is 1. The van der Waals surface area contributed by atoms with Gasteiger partial charge >= 0.3 is 0 Å². The van der Waals surface area contributed by atoms with Crippen molar-refractivity contribution in [3.05, 3.63) is 22.9 Å². The first-order valence-electron chi connectivity index (χ1n) is 8.25. The maximum atomic E-state index is 10.6. The second kappa shape index (κ2) is 7.68. The number of hydrogen-bond donors (Lipinski definition) is 3. The van der Waals surface area contributed by atoms with Crippen LogP contribution in [0.1, 0.15) is 47.0 Å². The van der Waals surface area contributed by atoms with Crippen LogP contribution in [0.15, 0.2) is 27.9 Å². The van der Waals surface area contributed by atoms with E-state index in [1.807, 2.05) is 40.0 Å². The molecule has 1 saturated heterocycles. The first-order chi connectivity index (χ1) is 11.6. The average Bonchev–Trinajstić information content (AvgIpc) is 2.58. The smallest absolute Gasteiger partial charge is 0.209 e. The molecule has 0 amide bonds. The molecule has 0 aliphatic carbocycles. The third kappa shape index (κ3) is 5.14. The zero-order chi connectivity index (χ0) is 18.7. The Kier molecular flexibility index (Phi) is 6.03. The first kappa shape index (κ1) is 19.6. The molecule has 7 nitrogen and oxygen atoms in total. The Morgan fingerprint density at radius 1 is 1.44 bits per heavy atom. The van der Waals surface area contributed by atoms with Gasteiger partial charge in [0.2, 0.25) is 5.96 Å². The van der Waals surface area contributed by atoms with E-state index >= 15 is 0 Å². The van der Waals surface area contributed by atoms with Crippen molar-refractivity contribution in [2.45, 2.75) is 64.1 Å². The van der Waals surface area contributed by atoms with Crippen LogP contribution in [0, 0.1) is 11.5 Å². The van der Waals surface area contributed by atoms with Crippen molar-refractivity contribution in [3.8, 4) is 6.19 Å². The molecule has 2 heterocycles. The predicted molar refractivity (Wildman–Crippen MR) is 101 cm³/mol. The molecule has 0 bridgehead atoms. The van der Waals surface area contributed by atoms with Crippen molar-refractivity contribution in [1.29, 1.82) is 5.26 Å². The fourth-order valence-corrected chi connectivity index (χ4v) is 3.63. The molecule has 0 spiro atoms. The molecule has 1 aromatic rings. The summed E-state index contributed by atoms with van der Waals surface area (Å²) in [6, 6.07) is 3.60. The van der Waals surface area contributed by atoms with Crippen LogP contribution in [-0.2, 0) is 0 Å². The largest absolute Gasteiger partial charge is 0.325 e. The van der Waals surface area contributed by atoms with Gasteiger partial charge in [-0.2, -0.15) is 10.3 Å². The van der Waals surface area contributed by atoms with Gasteiger partial charge in [-0.1, -0.05) is 0 Å². The summed E-state index contributed by atoms with van der Waals surface area (Å²) in [5.41, 5.74) is 0.0476. The Balaban J connectivity index is 2.23. The molecule has 1 atom stereocenters. The molecule has 1 aliphatic heterocycles. The van der Waals surface area contributed by atoms with Crippen LogP contribution in [0.25, 0.3) is 0 Å². The average molecular weight is 409 g/mol. The summed E-state index contributed by atoms with van der Waals surface area (Å²) in [5.74, 6) is 0.394. The highest BCUT2D eigenvalue weighted by molar-refractivity contribution is 9.10. The second-order valence-corrected chi connectivity index (χ2v) is 8.35. The van der Waals surface area contributed by atoms with E-state index in [0.717, 1.165) is 18.5 Å². The molecular formula is C17H25BrN6O. The van der Waals surface area contributed by atoms with Crippen LogP contribution < -0.4 is 10.6 Å². The maximum absolute atomic E-state index is 10.6. The van der Waals surface area contributed by atoms with Gasteiger partial charge in [-0.15, -0.1) is 0 Å². The molecule has 0 aromatic carbocycles. The number of aliphatic imine (C=N–C) groups is 1. The SMILES string of the molecule is CC1(C)CCC(N=C(NC#N)Nc2ccnc(Br)c2)CC(C)(C)N1O. The number of aromatic nitrogens is 1. The van der Waals surface area contributed by atoms with Crippen LogP contribution >= 0.6 is 15.9 Å². The van der Waals surface area contributed by atoms with Crippen molar-refractivity contribution in [2.75, 3.05) is 5.32 Å². The monoisotopic (exact) mass is 408 g/mol. The van der Waals surface area contributed by atoms with Gasteiger partial charge in [0, 0.05) is 23.0 Å². The predicted octanol–water partition coefficient (Wildman–Crippen LogP) is 3.48. The third-order valence-electron chi connectivity index (χ3n) is 4.45. The number of nitriles is 1. The van der Waals surface area contributed by atoms with Crippen LogP contribution in [-0.4, -0.2) is 38.3 Å².